The van der Waals surface area contributed by atoms with Crippen LogP contribution in [0, 0.1) is 5.82 Å². The fraction of sp³-hybridized carbons (Fsp3) is 0.462. The van der Waals surface area contributed by atoms with Crippen molar-refractivity contribution in [1.29, 1.82) is 0 Å². The van der Waals surface area contributed by atoms with Gasteiger partial charge in [-0.05, 0) is 24.5 Å². The van der Waals surface area contributed by atoms with Crippen LogP contribution < -0.4 is 11.1 Å². The van der Waals surface area contributed by atoms with Gasteiger partial charge in [-0.3, -0.25) is 0 Å². The lowest BCUT2D eigenvalue weighted by Crippen LogP contribution is -2.40. The molecule has 0 aliphatic carbocycles. The molecule has 2 amide bonds. The summed E-state index contributed by atoms with van der Waals surface area (Å²) in [4.78, 5) is 13.4. The van der Waals surface area contributed by atoms with Crippen LogP contribution in [0.4, 0.5) is 9.18 Å². The van der Waals surface area contributed by atoms with Crippen LogP contribution in [0.3, 0.4) is 0 Å². The van der Waals surface area contributed by atoms with Crippen LogP contribution in [0.15, 0.2) is 24.3 Å². The molecule has 1 heterocycles. The van der Waals surface area contributed by atoms with E-state index in [0.717, 1.165) is 6.42 Å². The first-order valence-corrected chi connectivity index (χ1v) is 6.18. The molecule has 1 saturated heterocycles. The molecule has 1 aromatic rings. The lowest BCUT2D eigenvalue weighted by molar-refractivity contribution is 0.208. The number of nitrogens with one attached hydrogen (secondary N) is 1. The number of nitrogens with two attached hydrogens (primary N) is 1. The molecule has 5 heteroatoms. The molecule has 1 aliphatic heterocycles. The van der Waals surface area contributed by atoms with E-state index in [1.54, 1.807) is 23.1 Å². The van der Waals surface area contributed by atoms with Crippen molar-refractivity contribution in [2.45, 2.75) is 18.9 Å². The Morgan fingerprint density at radius 1 is 1.50 bits per heavy atom. The smallest absolute Gasteiger partial charge is 0.317 e. The Kier molecular flexibility index (Phi) is 4.15. The van der Waals surface area contributed by atoms with Gasteiger partial charge in [-0.15, -0.1) is 0 Å². The Morgan fingerprint density at radius 3 is 2.94 bits per heavy atom. The number of likely N-dealkylation sites (tertiary alicyclic amines) is 1. The Morgan fingerprint density at radius 2 is 2.28 bits per heavy atom. The van der Waals surface area contributed by atoms with Gasteiger partial charge in [-0.25, -0.2) is 9.18 Å². The second-order valence-electron chi connectivity index (χ2n) is 4.57. The first-order chi connectivity index (χ1) is 8.66. The Bertz CT molecular complexity index is 424. The van der Waals surface area contributed by atoms with Crippen molar-refractivity contribution in [1.82, 2.24) is 10.2 Å². The average Bonchev–Trinajstić information content (AvgIpc) is 2.78. The van der Waals surface area contributed by atoms with Gasteiger partial charge < -0.3 is 16.0 Å². The van der Waals surface area contributed by atoms with E-state index in [4.69, 9.17) is 5.73 Å². The molecule has 0 bridgehead atoms. The van der Waals surface area contributed by atoms with Crippen molar-refractivity contribution < 1.29 is 9.18 Å². The lowest BCUT2D eigenvalue weighted by atomic mass is 10.1. The highest BCUT2D eigenvalue weighted by molar-refractivity contribution is 5.74. The Hall–Kier alpha value is -1.62. The van der Waals surface area contributed by atoms with E-state index in [-0.39, 0.29) is 17.9 Å². The summed E-state index contributed by atoms with van der Waals surface area (Å²) in [6.45, 7) is 1.74. The molecule has 1 atom stereocenters. The lowest BCUT2D eigenvalue weighted by Gasteiger charge is -2.16. The third-order valence-corrected chi connectivity index (χ3v) is 3.14. The number of rotatable bonds is 3. The molecule has 4 nitrogen and oxygen atoms in total. The summed E-state index contributed by atoms with van der Waals surface area (Å²) < 4.78 is 13.3. The minimum absolute atomic E-state index is 0.0855. The molecule has 98 valence electrons. The molecule has 0 spiro atoms. The summed E-state index contributed by atoms with van der Waals surface area (Å²) in [5.74, 6) is -0.227. The monoisotopic (exact) mass is 251 g/mol. The molecule has 0 radical (unpaired) electrons. The van der Waals surface area contributed by atoms with E-state index in [1.807, 2.05) is 0 Å². The van der Waals surface area contributed by atoms with Gasteiger partial charge in [0, 0.05) is 25.7 Å². The van der Waals surface area contributed by atoms with Crippen molar-refractivity contribution >= 4 is 6.03 Å². The molecule has 3 N–H and O–H groups in total. The van der Waals surface area contributed by atoms with Gasteiger partial charge in [-0.2, -0.15) is 0 Å². The minimum atomic E-state index is -0.227. The van der Waals surface area contributed by atoms with Crippen LogP contribution in [0.1, 0.15) is 12.0 Å². The number of halogens is 1. The Labute approximate surface area is 106 Å². The number of urea groups is 1. The normalized spacial score (nSPS) is 19.0. The van der Waals surface area contributed by atoms with Gasteiger partial charge in [-0.1, -0.05) is 18.2 Å². The van der Waals surface area contributed by atoms with Crippen LogP contribution in [0.5, 0.6) is 0 Å². The number of benzene rings is 1. The molecule has 18 heavy (non-hydrogen) atoms. The maximum Gasteiger partial charge on any atom is 0.317 e. The largest absolute Gasteiger partial charge is 0.338 e. The van der Waals surface area contributed by atoms with Crippen molar-refractivity contribution in [3.8, 4) is 0 Å². The highest BCUT2D eigenvalue weighted by Gasteiger charge is 2.22. The van der Waals surface area contributed by atoms with Crippen molar-refractivity contribution in [2.75, 3.05) is 19.6 Å². The third kappa shape index (κ3) is 3.20. The van der Waals surface area contributed by atoms with E-state index in [0.29, 0.717) is 31.6 Å². The number of hydrogen-bond acceptors (Lipinski definition) is 2. The topological polar surface area (TPSA) is 58.4 Å². The molecule has 0 aromatic heterocycles. The first-order valence-electron chi connectivity index (χ1n) is 6.18. The van der Waals surface area contributed by atoms with Gasteiger partial charge in [0.25, 0.3) is 0 Å². The highest BCUT2D eigenvalue weighted by Crippen LogP contribution is 2.08. The summed E-state index contributed by atoms with van der Waals surface area (Å²) in [6, 6.07) is 6.58. The second-order valence-corrected chi connectivity index (χ2v) is 4.57. The molecular weight excluding hydrogens is 233 g/mol. The standard InChI is InChI=1S/C13H18FN3O/c14-12-4-2-1-3-10(12)5-7-16-13(18)17-8-6-11(15)9-17/h1-4,11H,5-9,15H2,(H,16,18)/t11-/m1/s1. The van der Waals surface area contributed by atoms with Crippen LogP contribution in [0.2, 0.25) is 0 Å². The second kappa shape index (κ2) is 5.82. The zero-order chi connectivity index (χ0) is 13.0. The summed E-state index contributed by atoms with van der Waals surface area (Å²) in [7, 11) is 0. The summed E-state index contributed by atoms with van der Waals surface area (Å²) in [6.07, 6.45) is 1.35. The van der Waals surface area contributed by atoms with E-state index in [1.165, 1.54) is 6.07 Å². The zero-order valence-electron chi connectivity index (χ0n) is 10.2. The number of carbonyl (C=O) groups excluding carboxylic acids is 1. The average molecular weight is 251 g/mol. The van der Waals surface area contributed by atoms with Crippen LogP contribution in [0.25, 0.3) is 0 Å². The molecule has 0 unspecified atom stereocenters. The highest BCUT2D eigenvalue weighted by atomic mass is 19.1. The van der Waals surface area contributed by atoms with Crippen LogP contribution in [-0.2, 0) is 6.42 Å². The molecule has 1 aromatic carbocycles. The van der Waals surface area contributed by atoms with Crippen molar-refractivity contribution in [3.63, 3.8) is 0 Å². The van der Waals surface area contributed by atoms with E-state index in [9.17, 15) is 9.18 Å². The number of hydrogen-bond donors (Lipinski definition) is 2. The summed E-state index contributed by atoms with van der Waals surface area (Å²) >= 11 is 0. The summed E-state index contributed by atoms with van der Waals surface area (Å²) in [5, 5.41) is 2.79. The van der Waals surface area contributed by atoms with Crippen molar-refractivity contribution in [2.24, 2.45) is 5.73 Å². The quantitative estimate of drug-likeness (QED) is 0.845. The molecule has 1 aliphatic rings. The maximum absolute atomic E-state index is 13.3. The van der Waals surface area contributed by atoms with Gasteiger partial charge in [0.2, 0.25) is 0 Å². The fourth-order valence-electron chi connectivity index (χ4n) is 2.09. The van der Waals surface area contributed by atoms with Gasteiger partial charge in [0.15, 0.2) is 0 Å². The predicted molar refractivity (Wildman–Crippen MR) is 67.7 cm³/mol. The minimum Gasteiger partial charge on any atom is -0.338 e. The number of carbonyl (C=O) groups is 1. The van der Waals surface area contributed by atoms with E-state index in [2.05, 4.69) is 5.32 Å². The van der Waals surface area contributed by atoms with E-state index >= 15 is 0 Å². The fourth-order valence-corrected chi connectivity index (χ4v) is 2.09. The summed E-state index contributed by atoms with van der Waals surface area (Å²) in [5.41, 5.74) is 6.35. The number of amides is 2. The molecule has 1 fully saturated rings. The van der Waals surface area contributed by atoms with Gasteiger partial charge >= 0.3 is 6.03 Å². The molecule has 0 saturated carbocycles. The van der Waals surface area contributed by atoms with Crippen LogP contribution in [-0.4, -0.2) is 36.6 Å². The van der Waals surface area contributed by atoms with Gasteiger partial charge in [0.05, 0.1) is 0 Å². The maximum atomic E-state index is 13.3. The third-order valence-electron chi connectivity index (χ3n) is 3.14. The van der Waals surface area contributed by atoms with Gasteiger partial charge in [0.1, 0.15) is 5.82 Å². The SMILES string of the molecule is N[C@@H]1CCN(C(=O)NCCc2ccccc2F)C1. The van der Waals surface area contributed by atoms with Crippen molar-refractivity contribution in [3.05, 3.63) is 35.6 Å². The molecular formula is C13H18FN3O. The zero-order valence-corrected chi connectivity index (χ0v) is 10.2. The first kappa shape index (κ1) is 12.8. The predicted octanol–water partition coefficient (Wildman–Crippen LogP) is 1.11. The van der Waals surface area contributed by atoms with Crippen LogP contribution >= 0.6 is 0 Å². The van der Waals surface area contributed by atoms with E-state index < -0.39 is 0 Å². The number of nitrogens with zero attached hydrogens (tertiary/aromatic N) is 1. The Balaban J connectivity index is 1.75. The molecule has 2 rings (SSSR count).